The monoisotopic (exact) mass is 1240 g/mol. The standard InChI is InChI=1S/4C15H14O7.H2O/c4*1-2-21-15(20)12-6-3-8(22-12)7-11(17)9-4-5-10(16)14(19)13(9)18;/h4*3-6,16,18-19H,2,7H2,1H3;1H2. The molecule has 14 N–H and O–H groups in total. The van der Waals surface area contributed by atoms with Crippen LogP contribution in [0.4, 0.5) is 0 Å². The lowest BCUT2D eigenvalue weighted by Crippen LogP contribution is -2.04. The Bertz CT molecular complexity index is 3360. The molecule has 0 saturated carbocycles. The summed E-state index contributed by atoms with van der Waals surface area (Å²) in [5.74, 6) is -12.0. The summed E-state index contributed by atoms with van der Waals surface area (Å²) in [4.78, 5) is 94.1. The Labute approximate surface area is 501 Å². The molecular formula is C60H58O29. The third kappa shape index (κ3) is 18.1. The number of carbonyl (C=O) groups is 8. The Morgan fingerprint density at radius 2 is 0.461 bits per heavy atom. The van der Waals surface area contributed by atoms with E-state index in [9.17, 15) is 99.6 Å². The zero-order chi connectivity index (χ0) is 65.1. The second-order valence-electron chi connectivity index (χ2n) is 17.7. The first kappa shape index (κ1) is 69.6. The van der Waals surface area contributed by atoms with Crippen molar-refractivity contribution in [1.82, 2.24) is 0 Å². The molecule has 89 heavy (non-hydrogen) atoms. The molecule has 29 heteroatoms. The molecule has 0 radical (unpaired) electrons. The summed E-state index contributed by atoms with van der Waals surface area (Å²) >= 11 is 0. The Morgan fingerprint density at radius 3 is 0.629 bits per heavy atom. The number of furan rings is 4. The lowest BCUT2D eigenvalue weighted by molar-refractivity contribution is 0.0479. The largest absolute Gasteiger partial charge is 0.504 e. The number of carbonyl (C=O) groups excluding carboxylic acids is 8. The van der Waals surface area contributed by atoms with Gasteiger partial charge in [-0.2, -0.15) is 0 Å². The van der Waals surface area contributed by atoms with Crippen molar-refractivity contribution in [3.8, 4) is 69.0 Å². The van der Waals surface area contributed by atoms with Gasteiger partial charge in [-0.1, -0.05) is 0 Å². The number of rotatable bonds is 20. The number of benzene rings is 4. The molecule has 0 aliphatic carbocycles. The first-order chi connectivity index (χ1) is 41.7. The van der Waals surface area contributed by atoms with Crippen molar-refractivity contribution in [2.24, 2.45) is 0 Å². The van der Waals surface area contributed by atoms with E-state index in [2.05, 4.69) is 0 Å². The zero-order valence-electron chi connectivity index (χ0n) is 47.3. The van der Waals surface area contributed by atoms with E-state index in [1.165, 1.54) is 72.8 Å². The summed E-state index contributed by atoms with van der Waals surface area (Å²) in [6, 6.07) is 20.4. The number of Topliss-reactive ketones (excluding diaryl/α,β-unsaturated/α-hetero) is 4. The summed E-state index contributed by atoms with van der Waals surface area (Å²) in [6.07, 6.45) is -0.900. The minimum atomic E-state index is -0.766. The molecule has 8 aromatic rings. The van der Waals surface area contributed by atoms with E-state index < -0.39 is 116 Å². The Hall–Kier alpha value is -11.9. The third-order valence-corrected chi connectivity index (χ3v) is 11.6. The molecule has 472 valence electrons. The van der Waals surface area contributed by atoms with Crippen LogP contribution in [0.15, 0.2) is 115 Å². The SMILES string of the molecule is CCOC(=O)c1ccc(CC(=O)c2ccc(O)c(O)c2O)o1.CCOC(=O)c1ccc(CC(=O)c2ccc(O)c(O)c2O)o1.CCOC(=O)c1ccc(CC(=O)c2ccc(O)c(O)c2O)o1.CCOC(=O)c1ccc(CC(=O)c2ccc(O)c(O)c2O)o1.O. The fourth-order valence-electron chi connectivity index (χ4n) is 7.33. The second kappa shape index (κ2) is 31.9. The predicted molar refractivity (Wildman–Crippen MR) is 300 cm³/mol. The number of hydrogen-bond acceptors (Lipinski definition) is 28. The van der Waals surface area contributed by atoms with Crippen LogP contribution < -0.4 is 0 Å². The lowest BCUT2D eigenvalue weighted by Gasteiger charge is -2.06. The third-order valence-electron chi connectivity index (χ3n) is 11.6. The average Bonchev–Trinajstić information content (AvgIpc) is 3.95. The van der Waals surface area contributed by atoms with Crippen LogP contribution in [0.2, 0.25) is 0 Å². The van der Waals surface area contributed by atoms with Crippen LogP contribution in [0.25, 0.3) is 0 Å². The van der Waals surface area contributed by atoms with Crippen molar-refractivity contribution in [3.63, 3.8) is 0 Å². The predicted octanol–water partition coefficient (Wildman–Crippen LogP) is 7.17. The van der Waals surface area contributed by atoms with Crippen LogP contribution in [0, 0.1) is 0 Å². The highest BCUT2D eigenvalue weighted by Crippen LogP contribution is 2.41. The summed E-state index contributed by atoms with van der Waals surface area (Å²) in [5.41, 5.74) is -0.650. The van der Waals surface area contributed by atoms with Gasteiger partial charge >= 0.3 is 23.9 Å². The van der Waals surface area contributed by atoms with Crippen LogP contribution in [-0.4, -0.2) is 140 Å². The van der Waals surface area contributed by atoms with Crippen LogP contribution in [0.1, 0.15) is 134 Å². The van der Waals surface area contributed by atoms with Crippen molar-refractivity contribution in [3.05, 3.63) is 165 Å². The van der Waals surface area contributed by atoms with Gasteiger partial charge in [0.05, 0.1) is 74.4 Å². The molecule has 0 aliphatic heterocycles. The summed E-state index contributed by atoms with van der Waals surface area (Å²) in [6.45, 7) is 7.44. The molecule has 0 saturated heterocycles. The van der Waals surface area contributed by atoms with E-state index in [0.717, 1.165) is 24.3 Å². The zero-order valence-corrected chi connectivity index (χ0v) is 47.3. The molecule has 8 rings (SSSR count). The normalized spacial score (nSPS) is 10.3. The summed E-state index contributed by atoms with van der Waals surface area (Å²) in [7, 11) is 0. The molecular weight excluding hydrogens is 1180 g/mol. The quantitative estimate of drug-likeness (QED) is 0.0156. The van der Waals surface area contributed by atoms with Gasteiger partial charge in [0.15, 0.2) is 69.1 Å². The van der Waals surface area contributed by atoms with E-state index in [1.807, 2.05) is 0 Å². The molecule has 0 fully saturated rings. The van der Waals surface area contributed by atoms with Gasteiger partial charge in [0.1, 0.15) is 23.0 Å². The average molecular weight is 1240 g/mol. The minimum Gasteiger partial charge on any atom is -0.504 e. The second-order valence-corrected chi connectivity index (χ2v) is 17.7. The highest BCUT2D eigenvalue weighted by molar-refractivity contribution is 6.03. The van der Waals surface area contributed by atoms with E-state index in [-0.39, 0.29) is 126 Å². The van der Waals surface area contributed by atoms with E-state index in [0.29, 0.717) is 0 Å². The van der Waals surface area contributed by atoms with Gasteiger partial charge in [0, 0.05) is 0 Å². The number of ketones is 4. The number of aromatic hydroxyl groups is 12. The van der Waals surface area contributed by atoms with E-state index in [1.54, 1.807) is 27.7 Å². The van der Waals surface area contributed by atoms with E-state index >= 15 is 0 Å². The van der Waals surface area contributed by atoms with Crippen molar-refractivity contribution in [2.75, 3.05) is 26.4 Å². The number of esters is 4. The fourth-order valence-corrected chi connectivity index (χ4v) is 7.33. The smallest absolute Gasteiger partial charge is 0.374 e. The Morgan fingerprint density at radius 1 is 0.281 bits per heavy atom. The van der Waals surface area contributed by atoms with Crippen molar-refractivity contribution in [2.45, 2.75) is 53.4 Å². The van der Waals surface area contributed by atoms with Gasteiger partial charge in [-0.05, 0) is 125 Å². The van der Waals surface area contributed by atoms with Gasteiger partial charge in [0.2, 0.25) is 46.0 Å². The summed E-state index contributed by atoms with van der Waals surface area (Å²) in [5, 5.41) is 113. The van der Waals surface area contributed by atoms with E-state index in [4.69, 9.17) is 36.6 Å². The maximum absolute atomic E-state index is 12.1. The lowest BCUT2D eigenvalue weighted by atomic mass is 10.1. The maximum Gasteiger partial charge on any atom is 0.374 e. The Kier molecular flexibility index (Phi) is 24.9. The molecule has 29 nitrogen and oxygen atoms in total. The van der Waals surface area contributed by atoms with Crippen LogP contribution in [-0.2, 0) is 44.6 Å². The highest BCUT2D eigenvalue weighted by atomic mass is 16.6. The molecule has 4 aromatic carbocycles. The molecule has 0 bridgehead atoms. The number of hydrogen-bond donors (Lipinski definition) is 12. The van der Waals surface area contributed by atoms with Crippen molar-refractivity contribution in [1.29, 1.82) is 0 Å². The van der Waals surface area contributed by atoms with Gasteiger partial charge in [-0.25, -0.2) is 19.2 Å². The summed E-state index contributed by atoms with van der Waals surface area (Å²) < 4.78 is 39.8. The van der Waals surface area contributed by atoms with Crippen molar-refractivity contribution >= 4 is 47.0 Å². The van der Waals surface area contributed by atoms with Crippen molar-refractivity contribution < 1.29 is 142 Å². The first-order valence-electron chi connectivity index (χ1n) is 25.9. The van der Waals surface area contributed by atoms with Crippen LogP contribution >= 0.6 is 0 Å². The van der Waals surface area contributed by atoms with Gasteiger partial charge < -0.3 is 103 Å². The van der Waals surface area contributed by atoms with Gasteiger partial charge in [0.25, 0.3) is 0 Å². The van der Waals surface area contributed by atoms with Crippen LogP contribution in [0.5, 0.6) is 69.0 Å². The van der Waals surface area contributed by atoms with Gasteiger partial charge in [-0.3, -0.25) is 19.2 Å². The molecule has 0 spiro atoms. The van der Waals surface area contributed by atoms with Gasteiger partial charge in [-0.15, -0.1) is 0 Å². The number of ether oxygens (including phenoxy) is 4. The highest BCUT2D eigenvalue weighted by Gasteiger charge is 2.25. The molecule has 4 heterocycles. The minimum absolute atomic E-state index is 0. The number of phenolic OH excluding ortho intramolecular Hbond substituents is 12. The maximum atomic E-state index is 12.1. The Balaban J connectivity index is 0.000000253. The molecule has 0 aliphatic rings. The topological polar surface area (TPSA) is 500 Å². The molecule has 0 unspecified atom stereocenters. The molecule has 0 amide bonds. The van der Waals surface area contributed by atoms with Crippen LogP contribution in [0.3, 0.4) is 0 Å². The first-order valence-corrected chi connectivity index (χ1v) is 25.9. The number of phenols is 12. The fraction of sp³-hybridized carbons (Fsp3) is 0.200. The molecule has 0 atom stereocenters. The molecule has 4 aromatic heterocycles.